The van der Waals surface area contributed by atoms with Crippen molar-refractivity contribution in [2.75, 3.05) is 13.2 Å². The molecule has 2 aromatic rings. The van der Waals surface area contributed by atoms with E-state index in [0.29, 0.717) is 51.0 Å². The minimum absolute atomic E-state index is 0.0000207. The molecule has 0 saturated carbocycles. The van der Waals surface area contributed by atoms with Crippen molar-refractivity contribution in [1.82, 2.24) is 5.32 Å². The lowest BCUT2D eigenvalue weighted by molar-refractivity contribution is -0.140. The number of halogens is 2. The standard InChI is InChI=1S/C27H27Cl2NO4/c1-16-23(26(32)34-12-11-33-18-7-5-4-6-8-18)24(19-10-9-17(28)13-20(19)29)25-21(30-16)14-27(2,3)15-22(25)31/h4-10,13,24,30H,11-12,14-15H2,1-3H3/t24-/m1/s1. The Balaban J connectivity index is 1.63. The van der Waals surface area contributed by atoms with Gasteiger partial charge < -0.3 is 14.8 Å². The van der Waals surface area contributed by atoms with E-state index < -0.39 is 11.9 Å². The molecule has 1 atom stereocenters. The van der Waals surface area contributed by atoms with Gasteiger partial charge >= 0.3 is 5.97 Å². The second-order valence-corrected chi connectivity index (χ2v) is 10.2. The van der Waals surface area contributed by atoms with Crippen LogP contribution in [0.25, 0.3) is 0 Å². The molecule has 1 aliphatic heterocycles. The summed E-state index contributed by atoms with van der Waals surface area (Å²) in [4.78, 5) is 26.6. The summed E-state index contributed by atoms with van der Waals surface area (Å²) in [5, 5.41) is 4.20. The third-order valence-electron chi connectivity index (χ3n) is 6.06. The Morgan fingerprint density at radius 1 is 1.09 bits per heavy atom. The summed E-state index contributed by atoms with van der Waals surface area (Å²) in [5.74, 6) is -0.446. The van der Waals surface area contributed by atoms with Crippen LogP contribution in [0.1, 0.15) is 45.1 Å². The predicted octanol–water partition coefficient (Wildman–Crippen LogP) is 6.22. The number of esters is 1. The van der Waals surface area contributed by atoms with E-state index in [1.165, 1.54) is 0 Å². The number of para-hydroxylation sites is 1. The number of nitrogens with one attached hydrogen (secondary N) is 1. The van der Waals surface area contributed by atoms with Crippen LogP contribution in [0.15, 0.2) is 71.1 Å². The van der Waals surface area contributed by atoms with E-state index in [-0.39, 0.29) is 24.4 Å². The highest BCUT2D eigenvalue weighted by Gasteiger charge is 2.43. The summed E-state index contributed by atoms with van der Waals surface area (Å²) in [7, 11) is 0. The number of hydrogen-bond acceptors (Lipinski definition) is 5. The van der Waals surface area contributed by atoms with Gasteiger partial charge in [0.05, 0.1) is 5.57 Å². The number of carbonyl (C=O) groups excluding carboxylic acids is 2. The van der Waals surface area contributed by atoms with E-state index in [1.54, 1.807) is 18.2 Å². The fourth-order valence-corrected chi connectivity index (χ4v) is 5.16. The Bertz CT molecular complexity index is 1180. The molecule has 0 unspecified atom stereocenters. The molecule has 0 radical (unpaired) electrons. The Morgan fingerprint density at radius 3 is 2.53 bits per heavy atom. The molecule has 0 spiro atoms. The van der Waals surface area contributed by atoms with Crippen LogP contribution >= 0.6 is 23.2 Å². The highest BCUT2D eigenvalue weighted by molar-refractivity contribution is 6.35. The number of rotatable bonds is 6. The van der Waals surface area contributed by atoms with Gasteiger partial charge in [0.25, 0.3) is 0 Å². The van der Waals surface area contributed by atoms with Crippen molar-refractivity contribution in [2.24, 2.45) is 5.41 Å². The second-order valence-electron chi connectivity index (χ2n) is 9.39. The largest absolute Gasteiger partial charge is 0.490 e. The maximum absolute atomic E-state index is 13.3. The fourth-order valence-electron chi connectivity index (χ4n) is 4.64. The van der Waals surface area contributed by atoms with Gasteiger partial charge in [0.15, 0.2) is 5.78 Å². The van der Waals surface area contributed by atoms with Crippen LogP contribution < -0.4 is 10.1 Å². The minimum Gasteiger partial charge on any atom is -0.490 e. The molecule has 4 rings (SSSR count). The maximum atomic E-state index is 13.3. The first-order valence-electron chi connectivity index (χ1n) is 11.2. The summed E-state index contributed by atoms with van der Waals surface area (Å²) in [6, 6.07) is 14.4. The molecule has 0 aromatic heterocycles. The van der Waals surface area contributed by atoms with E-state index >= 15 is 0 Å². The van der Waals surface area contributed by atoms with Gasteiger partial charge in [-0.15, -0.1) is 0 Å². The highest BCUT2D eigenvalue weighted by atomic mass is 35.5. The topological polar surface area (TPSA) is 64.6 Å². The number of allylic oxidation sites excluding steroid dienone is 3. The van der Waals surface area contributed by atoms with E-state index in [9.17, 15) is 9.59 Å². The molecule has 5 nitrogen and oxygen atoms in total. The Hall–Kier alpha value is -2.76. The SMILES string of the molecule is CC1=C(C(=O)OCCOc2ccccc2)[C@@H](c2ccc(Cl)cc2Cl)C2=C(CC(C)(C)CC2=O)N1. The van der Waals surface area contributed by atoms with E-state index in [4.69, 9.17) is 32.7 Å². The van der Waals surface area contributed by atoms with Crippen LogP contribution in [0.4, 0.5) is 0 Å². The first kappa shape index (κ1) is 24.4. The molecular formula is C27H27Cl2NO4. The van der Waals surface area contributed by atoms with Crippen molar-refractivity contribution in [3.63, 3.8) is 0 Å². The molecule has 0 amide bonds. The van der Waals surface area contributed by atoms with Gasteiger partial charge in [-0.25, -0.2) is 4.79 Å². The quantitative estimate of drug-likeness (QED) is 0.377. The van der Waals surface area contributed by atoms with Gasteiger partial charge in [-0.3, -0.25) is 4.79 Å². The number of benzene rings is 2. The third-order valence-corrected chi connectivity index (χ3v) is 6.62. The predicted molar refractivity (Wildman–Crippen MR) is 133 cm³/mol. The molecule has 2 aromatic carbocycles. The molecule has 34 heavy (non-hydrogen) atoms. The van der Waals surface area contributed by atoms with Crippen molar-refractivity contribution in [2.45, 2.75) is 39.5 Å². The van der Waals surface area contributed by atoms with Crippen LogP contribution in [0.5, 0.6) is 5.75 Å². The van der Waals surface area contributed by atoms with E-state index in [1.807, 2.05) is 37.3 Å². The third kappa shape index (κ3) is 5.16. The summed E-state index contributed by atoms with van der Waals surface area (Å²) < 4.78 is 11.2. The van der Waals surface area contributed by atoms with Gasteiger partial charge in [0, 0.05) is 39.4 Å². The molecule has 0 bridgehead atoms. The summed E-state index contributed by atoms with van der Waals surface area (Å²) in [5.41, 5.74) is 2.90. The van der Waals surface area contributed by atoms with Crippen molar-refractivity contribution in [1.29, 1.82) is 0 Å². The average molecular weight is 500 g/mol. The van der Waals surface area contributed by atoms with Gasteiger partial charge in [0.2, 0.25) is 0 Å². The van der Waals surface area contributed by atoms with Crippen molar-refractivity contribution < 1.29 is 19.1 Å². The normalized spacial score (nSPS) is 19.4. The minimum atomic E-state index is -0.632. The molecule has 178 valence electrons. The van der Waals surface area contributed by atoms with Crippen molar-refractivity contribution in [3.05, 3.63) is 86.7 Å². The summed E-state index contributed by atoms with van der Waals surface area (Å²) in [6.45, 7) is 6.23. The number of ketones is 1. The van der Waals surface area contributed by atoms with E-state index in [0.717, 1.165) is 5.70 Å². The summed E-state index contributed by atoms with van der Waals surface area (Å²) >= 11 is 12.7. The van der Waals surface area contributed by atoms with Gasteiger partial charge in [0.1, 0.15) is 19.0 Å². The Labute approximate surface area is 209 Å². The molecular weight excluding hydrogens is 473 g/mol. The van der Waals surface area contributed by atoms with Gasteiger partial charge in [-0.1, -0.05) is 61.3 Å². The molecule has 7 heteroatoms. The van der Waals surface area contributed by atoms with Gasteiger partial charge in [-0.2, -0.15) is 0 Å². The number of Topliss-reactive ketones (excluding diaryl/α,β-unsaturated/α-hetero) is 1. The van der Waals surface area contributed by atoms with Crippen molar-refractivity contribution >= 4 is 35.0 Å². The second kappa shape index (κ2) is 9.85. The molecule has 1 heterocycles. The fraction of sp³-hybridized carbons (Fsp3) is 0.333. The smallest absolute Gasteiger partial charge is 0.336 e. The Morgan fingerprint density at radius 2 is 1.82 bits per heavy atom. The Kier molecular flexibility index (Phi) is 7.06. The maximum Gasteiger partial charge on any atom is 0.336 e. The zero-order valence-corrected chi connectivity index (χ0v) is 20.9. The lowest BCUT2D eigenvalue weighted by Gasteiger charge is -2.39. The van der Waals surface area contributed by atoms with Crippen molar-refractivity contribution in [3.8, 4) is 5.75 Å². The molecule has 2 aliphatic rings. The van der Waals surface area contributed by atoms with E-state index in [2.05, 4.69) is 19.2 Å². The number of hydrogen-bond donors (Lipinski definition) is 1. The van der Waals surface area contributed by atoms with Crippen LogP contribution in [0, 0.1) is 5.41 Å². The van der Waals surface area contributed by atoms with Crippen LogP contribution in [0.3, 0.4) is 0 Å². The lowest BCUT2D eigenvalue weighted by Crippen LogP contribution is -2.39. The zero-order valence-electron chi connectivity index (χ0n) is 19.4. The molecule has 1 N–H and O–H groups in total. The van der Waals surface area contributed by atoms with Crippen LogP contribution in [-0.2, 0) is 14.3 Å². The zero-order chi connectivity index (χ0) is 24.5. The monoisotopic (exact) mass is 499 g/mol. The number of carbonyl (C=O) groups is 2. The average Bonchev–Trinajstić information content (AvgIpc) is 2.75. The molecule has 0 saturated heterocycles. The summed E-state index contributed by atoms with van der Waals surface area (Å²) in [6.07, 6.45) is 1.09. The lowest BCUT2D eigenvalue weighted by atomic mass is 9.68. The number of ether oxygens (including phenoxy) is 2. The first-order valence-corrected chi connectivity index (χ1v) is 12.0. The first-order chi connectivity index (χ1) is 16.2. The number of dihydropyridines is 1. The molecule has 1 aliphatic carbocycles. The van der Waals surface area contributed by atoms with Crippen LogP contribution in [-0.4, -0.2) is 25.0 Å². The molecule has 0 fully saturated rings. The van der Waals surface area contributed by atoms with Crippen LogP contribution in [0.2, 0.25) is 10.0 Å². The van der Waals surface area contributed by atoms with Gasteiger partial charge in [-0.05, 0) is 48.6 Å². The highest BCUT2D eigenvalue weighted by Crippen LogP contribution is 2.48.